The molecule has 0 spiro atoms. The second-order valence-corrected chi connectivity index (χ2v) is 5.36. The molecule has 0 saturated carbocycles. The highest BCUT2D eigenvalue weighted by Gasteiger charge is 2.30. The molecule has 20 heavy (non-hydrogen) atoms. The van der Waals surface area contributed by atoms with Gasteiger partial charge in [0, 0.05) is 32.2 Å². The van der Waals surface area contributed by atoms with E-state index in [0.717, 1.165) is 49.0 Å². The van der Waals surface area contributed by atoms with Crippen molar-refractivity contribution in [3.63, 3.8) is 0 Å². The number of ether oxygens (including phenoxy) is 1. The third-order valence-electron chi connectivity index (χ3n) is 3.99. The lowest BCUT2D eigenvalue weighted by Crippen LogP contribution is -2.38. The van der Waals surface area contributed by atoms with Gasteiger partial charge in [-0.2, -0.15) is 0 Å². The summed E-state index contributed by atoms with van der Waals surface area (Å²) in [5.41, 5.74) is 1.12. The highest BCUT2D eigenvalue weighted by atomic mass is 16.5. The van der Waals surface area contributed by atoms with Crippen molar-refractivity contribution >= 4 is 11.6 Å². The molecule has 5 heteroatoms. The van der Waals surface area contributed by atoms with Crippen LogP contribution in [-0.4, -0.2) is 42.3 Å². The molecule has 0 bridgehead atoms. The number of aromatic nitrogens is 2. The number of likely N-dealkylation sites (N-methyl/N-ethyl adjacent to an activating group) is 1. The van der Waals surface area contributed by atoms with E-state index in [4.69, 9.17) is 9.72 Å². The maximum atomic E-state index is 5.68. The molecule has 1 saturated heterocycles. The smallest absolute Gasteiger partial charge is 0.137 e. The van der Waals surface area contributed by atoms with Gasteiger partial charge in [-0.1, -0.05) is 6.92 Å². The summed E-state index contributed by atoms with van der Waals surface area (Å²) in [7, 11) is 2.11. The molecule has 2 atom stereocenters. The molecule has 112 valence electrons. The topological polar surface area (TPSA) is 50.3 Å². The molecular weight excluding hydrogens is 252 g/mol. The van der Waals surface area contributed by atoms with Crippen LogP contribution in [0.3, 0.4) is 0 Å². The highest BCUT2D eigenvalue weighted by molar-refractivity contribution is 5.59. The van der Waals surface area contributed by atoms with Crippen LogP contribution in [0.15, 0.2) is 0 Å². The molecule has 5 nitrogen and oxygen atoms in total. The first-order valence-electron chi connectivity index (χ1n) is 7.54. The first-order chi connectivity index (χ1) is 9.58. The van der Waals surface area contributed by atoms with Crippen LogP contribution >= 0.6 is 0 Å². The lowest BCUT2D eigenvalue weighted by molar-refractivity contribution is 0.118. The minimum Gasteiger partial charge on any atom is -0.376 e. The quantitative estimate of drug-likeness (QED) is 0.896. The fraction of sp³-hybridized carbons (Fsp3) is 0.733. The van der Waals surface area contributed by atoms with E-state index in [9.17, 15) is 0 Å². The Morgan fingerprint density at radius 1 is 1.35 bits per heavy atom. The van der Waals surface area contributed by atoms with E-state index in [-0.39, 0.29) is 6.10 Å². The molecular formula is C15H26N4O. The number of hydrogen-bond acceptors (Lipinski definition) is 5. The molecule has 0 radical (unpaired) electrons. The summed E-state index contributed by atoms with van der Waals surface area (Å²) in [6, 6.07) is 0.391. The molecule has 1 N–H and O–H groups in total. The van der Waals surface area contributed by atoms with Crippen LogP contribution < -0.4 is 10.2 Å². The van der Waals surface area contributed by atoms with Crippen LogP contribution in [0.2, 0.25) is 0 Å². The third kappa shape index (κ3) is 2.87. The van der Waals surface area contributed by atoms with Crippen molar-refractivity contribution in [3.8, 4) is 0 Å². The molecule has 2 rings (SSSR count). The summed E-state index contributed by atoms with van der Waals surface area (Å²) in [4.78, 5) is 11.6. The number of hydrogen-bond donors (Lipinski definition) is 1. The van der Waals surface area contributed by atoms with E-state index in [2.05, 4.69) is 49.9 Å². The number of nitrogens with zero attached hydrogens (tertiary/aromatic N) is 3. The monoisotopic (exact) mass is 278 g/mol. The van der Waals surface area contributed by atoms with Crippen molar-refractivity contribution in [2.75, 3.05) is 30.4 Å². The van der Waals surface area contributed by atoms with Crippen LogP contribution in [0.4, 0.5) is 11.6 Å². The van der Waals surface area contributed by atoms with E-state index in [1.54, 1.807) is 0 Å². The number of rotatable bonds is 5. The third-order valence-corrected chi connectivity index (χ3v) is 3.99. The molecule has 2 unspecified atom stereocenters. The zero-order valence-electron chi connectivity index (χ0n) is 13.2. The van der Waals surface area contributed by atoms with Crippen LogP contribution in [0, 0.1) is 6.92 Å². The average Bonchev–Trinajstić information content (AvgIpc) is 2.86. The Balaban J connectivity index is 2.36. The van der Waals surface area contributed by atoms with Gasteiger partial charge in [0.05, 0.1) is 12.1 Å². The van der Waals surface area contributed by atoms with Crippen LogP contribution in [0.1, 0.15) is 38.6 Å². The maximum Gasteiger partial charge on any atom is 0.137 e. The van der Waals surface area contributed by atoms with Gasteiger partial charge in [-0.25, -0.2) is 9.97 Å². The second-order valence-electron chi connectivity index (χ2n) is 5.36. The first kappa shape index (κ1) is 15.0. The van der Waals surface area contributed by atoms with Gasteiger partial charge in [0.2, 0.25) is 0 Å². The Bertz CT molecular complexity index is 463. The molecule has 1 aliphatic rings. The highest BCUT2D eigenvalue weighted by Crippen LogP contribution is 2.28. The Hall–Kier alpha value is -1.36. The zero-order valence-corrected chi connectivity index (χ0v) is 13.2. The second kappa shape index (κ2) is 6.39. The van der Waals surface area contributed by atoms with Crippen LogP contribution in [-0.2, 0) is 11.2 Å². The number of nitrogens with one attached hydrogen (secondary N) is 1. The molecule has 1 aliphatic heterocycles. The normalized spacial score (nSPS) is 22.1. The van der Waals surface area contributed by atoms with E-state index in [0.29, 0.717) is 6.04 Å². The average molecular weight is 278 g/mol. The van der Waals surface area contributed by atoms with Crippen molar-refractivity contribution in [2.45, 2.75) is 52.7 Å². The Kier molecular flexibility index (Phi) is 4.81. The van der Waals surface area contributed by atoms with Crippen molar-refractivity contribution in [2.24, 2.45) is 0 Å². The standard InChI is InChI=1S/C15H26N4O/c1-6-13-17-14(16-7-2)10(3)15(18-13)19(5)12-8-9-20-11(12)4/h11-12H,6-9H2,1-5H3,(H,16,17,18). The van der Waals surface area contributed by atoms with Crippen molar-refractivity contribution < 1.29 is 4.74 Å². The van der Waals surface area contributed by atoms with Gasteiger partial charge < -0.3 is 15.0 Å². The molecule has 1 aromatic heterocycles. The van der Waals surface area contributed by atoms with E-state index < -0.39 is 0 Å². The van der Waals surface area contributed by atoms with E-state index in [1.807, 2.05) is 0 Å². The molecule has 0 aliphatic carbocycles. The van der Waals surface area contributed by atoms with Gasteiger partial charge in [0.25, 0.3) is 0 Å². The summed E-state index contributed by atoms with van der Waals surface area (Å²) in [6.45, 7) is 10.1. The van der Waals surface area contributed by atoms with Gasteiger partial charge in [0.15, 0.2) is 0 Å². The van der Waals surface area contributed by atoms with Crippen molar-refractivity contribution in [1.82, 2.24) is 9.97 Å². The number of anilines is 2. The number of aryl methyl sites for hydroxylation is 1. The van der Waals surface area contributed by atoms with Gasteiger partial charge in [-0.3, -0.25) is 0 Å². The van der Waals surface area contributed by atoms with Gasteiger partial charge >= 0.3 is 0 Å². The molecule has 2 heterocycles. The summed E-state index contributed by atoms with van der Waals surface area (Å²) in [5.74, 6) is 2.86. The summed E-state index contributed by atoms with van der Waals surface area (Å²) < 4.78 is 5.68. The maximum absolute atomic E-state index is 5.68. The van der Waals surface area contributed by atoms with Crippen molar-refractivity contribution in [1.29, 1.82) is 0 Å². The van der Waals surface area contributed by atoms with Crippen LogP contribution in [0.5, 0.6) is 0 Å². The van der Waals surface area contributed by atoms with E-state index >= 15 is 0 Å². The Labute approximate surface area is 121 Å². The van der Waals surface area contributed by atoms with Gasteiger partial charge in [-0.05, 0) is 27.2 Å². The predicted octanol–water partition coefficient (Wildman–Crippen LogP) is 2.39. The Morgan fingerprint density at radius 2 is 2.10 bits per heavy atom. The molecule has 1 aromatic rings. The fourth-order valence-electron chi connectivity index (χ4n) is 2.78. The fourth-order valence-corrected chi connectivity index (χ4v) is 2.78. The van der Waals surface area contributed by atoms with Gasteiger partial charge in [0.1, 0.15) is 17.5 Å². The summed E-state index contributed by atoms with van der Waals surface area (Å²) >= 11 is 0. The van der Waals surface area contributed by atoms with Crippen LogP contribution in [0.25, 0.3) is 0 Å². The minimum atomic E-state index is 0.252. The molecule has 0 amide bonds. The van der Waals surface area contributed by atoms with E-state index in [1.165, 1.54) is 0 Å². The Morgan fingerprint density at radius 3 is 2.65 bits per heavy atom. The van der Waals surface area contributed by atoms with Gasteiger partial charge in [-0.15, -0.1) is 0 Å². The SMILES string of the molecule is CCNc1nc(CC)nc(N(C)C2CCOC2C)c1C. The predicted molar refractivity (Wildman–Crippen MR) is 82.5 cm³/mol. The minimum absolute atomic E-state index is 0.252. The lowest BCUT2D eigenvalue weighted by Gasteiger charge is -2.29. The molecule has 1 fully saturated rings. The molecule has 0 aromatic carbocycles. The van der Waals surface area contributed by atoms with Crippen molar-refractivity contribution in [3.05, 3.63) is 11.4 Å². The summed E-state index contributed by atoms with van der Waals surface area (Å²) in [5, 5.41) is 3.34. The zero-order chi connectivity index (χ0) is 14.7. The lowest BCUT2D eigenvalue weighted by atomic mass is 10.1. The first-order valence-corrected chi connectivity index (χ1v) is 7.54. The summed E-state index contributed by atoms with van der Waals surface area (Å²) in [6.07, 6.45) is 2.15. The largest absolute Gasteiger partial charge is 0.376 e.